The Labute approximate surface area is 356 Å². The molecule has 9 nitrogen and oxygen atoms in total. The van der Waals surface area contributed by atoms with Crippen molar-refractivity contribution in [2.24, 2.45) is 0 Å². The SMILES string of the molecule is C=C(/C=C\C(=C/C)C(=O)OCCCOc1cc(/C=C/c2ccc(NCCCC)cc2)c(OC)cc1/C=C/c1ccc(NCCCC)cc1)C(=O)COC(C)=O.CC.CP. The molecular formula is C49H67N2O7P. The van der Waals surface area contributed by atoms with Gasteiger partial charge in [-0.2, -0.15) is 0 Å². The Morgan fingerprint density at radius 3 is 1.69 bits per heavy atom. The van der Waals surface area contributed by atoms with E-state index in [4.69, 9.17) is 18.9 Å². The van der Waals surface area contributed by atoms with Crippen molar-refractivity contribution in [1.29, 1.82) is 0 Å². The molecule has 0 saturated heterocycles. The largest absolute Gasteiger partial charge is 0.496 e. The van der Waals surface area contributed by atoms with Crippen molar-refractivity contribution < 1.29 is 33.3 Å². The summed E-state index contributed by atoms with van der Waals surface area (Å²) >= 11 is 0. The van der Waals surface area contributed by atoms with Crippen molar-refractivity contribution in [2.45, 2.75) is 73.6 Å². The number of unbranched alkanes of at least 4 members (excludes halogenated alkanes) is 2. The molecule has 0 spiro atoms. The molecule has 10 heteroatoms. The summed E-state index contributed by atoms with van der Waals surface area (Å²) in [5.41, 5.74) is 6.33. The number of benzene rings is 3. The van der Waals surface area contributed by atoms with E-state index >= 15 is 0 Å². The molecule has 0 aliphatic heterocycles. The molecule has 0 aromatic heterocycles. The van der Waals surface area contributed by atoms with Crippen molar-refractivity contribution in [1.82, 2.24) is 0 Å². The molecule has 1 unspecified atom stereocenters. The molecule has 0 aliphatic carbocycles. The Balaban J connectivity index is 0.00000421. The van der Waals surface area contributed by atoms with E-state index in [9.17, 15) is 14.4 Å². The van der Waals surface area contributed by atoms with E-state index in [1.165, 1.54) is 19.1 Å². The minimum absolute atomic E-state index is 0.102. The predicted octanol–water partition coefficient (Wildman–Crippen LogP) is 11.5. The van der Waals surface area contributed by atoms with Crippen LogP contribution in [0.1, 0.15) is 95.9 Å². The van der Waals surface area contributed by atoms with Crippen LogP contribution >= 0.6 is 9.24 Å². The molecule has 0 heterocycles. The van der Waals surface area contributed by atoms with Crippen molar-refractivity contribution in [2.75, 3.05) is 57.3 Å². The number of esters is 2. The zero-order chi connectivity index (χ0) is 43.8. The van der Waals surface area contributed by atoms with E-state index in [0.29, 0.717) is 17.9 Å². The Morgan fingerprint density at radius 1 is 0.712 bits per heavy atom. The first-order valence-electron chi connectivity index (χ1n) is 20.5. The van der Waals surface area contributed by atoms with E-state index in [1.54, 1.807) is 20.1 Å². The number of methoxy groups -OCH3 is 1. The maximum atomic E-state index is 12.7. The van der Waals surface area contributed by atoms with Crippen LogP contribution in [0.2, 0.25) is 0 Å². The first-order valence-corrected chi connectivity index (χ1v) is 21.7. The molecule has 59 heavy (non-hydrogen) atoms. The van der Waals surface area contributed by atoms with Gasteiger partial charge >= 0.3 is 11.9 Å². The highest BCUT2D eigenvalue weighted by Gasteiger charge is 2.12. The Kier molecular flexibility index (Phi) is 27.6. The molecular weight excluding hydrogens is 760 g/mol. The first-order chi connectivity index (χ1) is 28.7. The zero-order valence-corrected chi connectivity index (χ0v) is 37.7. The van der Waals surface area contributed by atoms with Crippen molar-refractivity contribution >= 4 is 62.6 Å². The minimum atomic E-state index is -0.562. The van der Waals surface area contributed by atoms with Gasteiger partial charge in [0.2, 0.25) is 0 Å². The summed E-state index contributed by atoms with van der Waals surface area (Å²) in [4.78, 5) is 35.8. The van der Waals surface area contributed by atoms with E-state index in [0.717, 1.165) is 72.4 Å². The van der Waals surface area contributed by atoms with Gasteiger partial charge in [-0.25, -0.2) is 4.79 Å². The molecule has 3 aromatic carbocycles. The van der Waals surface area contributed by atoms with Gasteiger partial charge in [0.15, 0.2) is 12.4 Å². The molecule has 0 aliphatic rings. The molecule has 3 rings (SSSR count). The van der Waals surface area contributed by atoms with Gasteiger partial charge in [-0.15, -0.1) is 9.24 Å². The lowest BCUT2D eigenvalue weighted by Gasteiger charge is -2.14. The van der Waals surface area contributed by atoms with Gasteiger partial charge in [-0.05, 0) is 73.4 Å². The van der Waals surface area contributed by atoms with E-state index in [2.05, 4.69) is 88.8 Å². The first kappa shape index (κ1) is 51.6. The van der Waals surface area contributed by atoms with Crippen LogP contribution in [0.4, 0.5) is 11.4 Å². The molecule has 0 amide bonds. The third kappa shape index (κ3) is 20.7. The van der Waals surface area contributed by atoms with Crippen molar-refractivity contribution in [3.8, 4) is 11.5 Å². The second kappa shape index (κ2) is 31.6. The number of ether oxygens (including phenoxy) is 4. The Hall–Kier alpha value is -5.40. The summed E-state index contributed by atoms with van der Waals surface area (Å²) < 4.78 is 22.3. The Bertz CT molecular complexity index is 1830. The number of ketones is 1. The quantitative estimate of drug-likeness (QED) is 0.0228. The van der Waals surface area contributed by atoms with Gasteiger partial charge in [0.1, 0.15) is 11.5 Å². The fourth-order valence-corrected chi connectivity index (χ4v) is 5.08. The van der Waals surface area contributed by atoms with Crippen molar-refractivity contribution in [3.05, 3.63) is 119 Å². The number of nitrogens with one attached hydrogen (secondary N) is 2. The van der Waals surface area contributed by atoms with E-state index in [-0.39, 0.29) is 24.4 Å². The van der Waals surface area contributed by atoms with Crippen LogP contribution in [0.25, 0.3) is 24.3 Å². The average molecular weight is 827 g/mol. The number of allylic oxidation sites excluding steroid dienone is 2. The standard InChI is InChI=1S/C46H56N2O7.C2H6.CH5P/c1-7-10-27-47-41-23-16-36(17-24-41)14-21-39-32-45(40(31-44(39)52-6)22-15-37-18-25-42(26-19-37)48-28-11-8-2)53-29-12-30-54-46(51)38(9-3)20-13-34(4)43(50)33-55-35(5)49;2*1-2/h9,13-26,31-32,47-48H,4,7-8,10-12,27-30,33H2,1-3,5-6H3;1-2H3;2H2,1H3/b20-13-,21-14+,22-15+,38-9+;;. The minimum Gasteiger partial charge on any atom is -0.496 e. The number of carbonyl (C=O) groups is 3. The third-order valence-corrected chi connectivity index (χ3v) is 8.37. The van der Waals surface area contributed by atoms with Crippen LogP contribution in [0, 0.1) is 0 Å². The summed E-state index contributed by atoms with van der Waals surface area (Å²) in [5.74, 6) is -0.210. The number of Topliss-reactive ketones (excluding diaryl/α,β-unsaturated/α-hetero) is 1. The second-order valence-corrected chi connectivity index (χ2v) is 12.7. The monoisotopic (exact) mass is 826 g/mol. The fourth-order valence-electron chi connectivity index (χ4n) is 5.08. The molecule has 1 atom stereocenters. The number of carbonyl (C=O) groups excluding carboxylic acids is 3. The van der Waals surface area contributed by atoms with Crippen LogP contribution in [0.5, 0.6) is 11.5 Å². The fraction of sp³-hybridized carbons (Fsp3) is 0.367. The summed E-state index contributed by atoms with van der Waals surface area (Å²) in [6.07, 6.45) is 17.5. The molecule has 320 valence electrons. The van der Waals surface area contributed by atoms with Crippen LogP contribution in [0.15, 0.2) is 96.6 Å². The van der Waals surface area contributed by atoms with Gasteiger partial charge in [-0.1, -0.05) is 115 Å². The highest BCUT2D eigenvalue weighted by Crippen LogP contribution is 2.32. The van der Waals surface area contributed by atoms with Crippen LogP contribution in [0.3, 0.4) is 0 Å². The second-order valence-electron chi connectivity index (χ2n) is 12.7. The molecule has 0 fully saturated rings. The summed E-state index contributed by atoms with van der Waals surface area (Å²) in [6, 6.07) is 20.5. The topological polar surface area (TPSA) is 112 Å². The lowest BCUT2D eigenvalue weighted by Crippen LogP contribution is -2.13. The van der Waals surface area contributed by atoms with Crippen molar-refractivity contribution in [3.63, 3.8) is 0 Å². The summed E-state index contributed by atoms with van der Waals surface area (Å²) in [6.45, 7) is 18.8. The molecule has 3 aromatic rings. The van der Waals surface area contributed by atoms with Gasteiger partial charge in [0.25, 0.3) is 0 Å². The molecule has 0 bridgehead atoms. The zero-order valence-electron chi connectivity index (χ0n) is 36.5. The maximum absolute atomic E-state index is 12.7. The van der Waals surface area contributed by atoms with Crippen LogP contribution in [-0.2, 0) is 23.9 Å². The number of hydrogen-bond acceptors (Lipinski definition) is 9. The smallest absolute Gasteiger partial charge is 0.337 e. The maximum Gasteiger partial charge on any atom is 0.337 e. The number of hydrogen-bond donors (Lipinski definition) is 2. The molecule has 0 saturated carbocycles. The van der Waals surface area contributed by atoms with Gasteiger partial charge < -0.3 is 29.6 Å². The highest BCUT2D eigenvalue weighted by atomic mass is 31.0. The molecule has 0 radical (unpaired) electrons. The van der Waals surface area contributed by atoms with E-state index in [1.807, 2.05) is 56.9 Å². The van der Waals surface area contributed by atoms with Gasteiger partial charge in [-0.3, -0.25) is 9.59 Å². The average Bonchev–Trinajstić information content (AvgIpc) is 3.26. The highest BCUT2D eigenvalue weighted by molar-refractivity contribution is 7.15. The van der Waals surface area contributed by atoms with E-state index < -0.39 is 24.3 Å². The summed E-state index contributed by atoms with van der Waals surface area (Å²) in [7, 11) is 4.07. The van der Waals surface area contributed by atoms with Gasteiger partial charge in [0.05, 0.1) is 25.9 Å². The third-order valence-electron chi connectivity index (χ3n) is 8.37. The lowest BCUT2D eigenvalue weighted by molar-refractivity contribution is -0.144. The summed E-state index contributed by atoms with van der Waals surface area (Å²) in [5, 5.41) is 6.90. The predicted molar refractivity (Wildman–Crippen MR) is 252 cm³/mol. The molecule has 2 N–H and O–H groups in total. The lowest BCUT2D eigenvalue weighted by atomic mass is 10.0. The van der Waals surface area contributed by atoms with Crippen LogP contribution in [-0.4, -0.2) is 64.4 Å². The normalized spacial score (nSPS) is 11.0. The van der Waals surface area contributed by atoms with Gasteiger partial charge in [0, 0.05) is 54.5 Å². The number of rotatable bonds is 24. The number of anilines is 2. The Morgan fingerprint density at radius 2 is 1.22 bits per heavy atom. The van der Waals surface area contributed by atoms with Crippen LogP contribution < -0.4 is 20.1 Å².